The summed E-state index contributed by atoms with van der Waals surface area (Å²) in [5.41, 5.74) is 0.985. The molecule has 1 aromatic carbocycles. The minimum Gasteiger partial charge on any atom is -0.481 e. The summed E-state index contributed by atoms with van der Waals surface area (Å²) in [6.45, 7) is 1.89. The fraction of sp³-hybridized carbons (Fsp3) is 0.385. The van der Waals surface area contributed by atoms with E-state index < -0.39 is 11.9 Å². The number of carbonyl (C=O) groups excluding carboxylic acids is 1. The fourth-order valence-corrected chi connectivity index (χ4v) is 2.61. The van der Waals surface area contributed by atoms with E-state index >= 15 is 0 Å². The van der Waals surface area contributed by atoms with Crippen molar-refractivity contribution in [3.8, 4) is 0 Å². The number of halogens is 1. The topological polar surface area (TPSA) is 66.4 Å². The lowest BCUT2D eigenvalue weighted by molar-refractivity contribution is -0.140. The number of rotatable bonds is 4. The molecule has 5 heteroatoms. The van der Waals surface area contributed by atoms with Gasteiger partial charge in [-0.25, -0.2) is 0 Å². The molecule has 0 aromatic heterocycles. The average Bonchev–Trinajstić information content (AvgIpc) is 3.09. The van der Waals surface area contributed by atoms with Crippen LogP contribution in [0.15, 0.2) is 28.7 Å². The lowest BCUT2D eigenvalue weighted by atomic mass is 10.1. The molecule has 1 aliphatic carbocycles. The summed E-state index contributed by atoms with van der Waals surface area (Å²) >= 11 is 3.43. The summed E-state index contributed by atoms with van der Waals surface area (Å²) in [7, 11) is 0. The number of benzene rings is 1. The van der Waals surface area contributed by atoms with E-state index in [1.54, 1.807) is 0 Å². The van der Waals surface area contributed by atoms with Gasteiger partial charge < -0.3 is 10.4 Å². The Balaban J connectivity index is 1.97. The van der Waals surface area contributed by atoms with Crippen LogP contribution in [0.4, 0.5) is 0 Å². The highest BCUT2D eigenvalue weighted by Crippen LogP contribution is 2.39. The van der Waals surface area contributed by atoms with Crippen LogP contribution in [0.3, 0.4) is 0 Å². The van der Waals surface area contributed by atoms with Gasteiger partial charge in [-0.2, -0.15) is 0 Å². The van der Waals surface area contributed by atoms with Crippen molar-refractivity contribution >= 4 is 27.8 Å². The summed E-state index contributed by atoms with van der Waals surface area (Å²) in [4.78, 5) is 22.5. The third-order valence-electron chi connectivity index (χ3n) is 3.17. The van der Waals surface area contributed by atoms with Crippen LogP contribution in [-0.2, 0) is 9.59 Å². The molecule has 0 aliphatic heterocycles. The van der Waals surface area contributed by atoms with Crippen LogP contribution in [0, 0.1) is 11.8 Å². The highest BCUT2D eigenvalue weighted by molar-refractivity contribution is 9.10. The summed E-state index contributed by atoms with van der Waals surface area (Å²) in [5, 5.41) is 11.6. The van der Waals surface area contributed by atoms with Crippen molar-refractivity contribution in [1.82, 2.24) is 5.32 Å². The number of carboxylic acids is 1. The smallest absolute Gasteiger partial charge is 0.307 e. The largest absolute Gasteiger partial charge is 0.481 e. The Morgan fingerprint density at radius 1 is 1.39 bits per heavy atom. The van der Waals surface area contributed by atoms with Crippen molar-refractivity contribution < 1.29 is 14.7 Å². The minimum atomic E-state index is -0.885. The van der Waals surface area contributed by atoms with Crippen LogP contribution >= 0.6 is 15.9 Å². The molecular weight excluding hydrogens is 298 g/mol. The summed E-state index contributed by atoms with van der Waals surface area (Å²) in [6.07, 6.45) is 0.448. The van der Waals surface area contributed by atoms with Gasteiger partial charge in [0.2, 0.25) is 5.91 Å². The lowest BCUT2D eigenvalue weighted by Gasteiger charge is -2.15. The molecule has 1 saturated carbocycles. The number of carboxylic acid groups (broad SMARTS) is 1. The zero-order valence-electron chi connectivity index (χ0n) is 9.89. The first-order valence-corrected chi connectivity index (χ1v) is 6.57. The number of amides is 1. The molecular formula is C13H14BrNO3. The molecule has 3 atom stereocenters. The van der Waals surface area contributed by atoms with E-state index in [2.05, 4.69) is 21.2 Å². The van der Waals surface area contributed by atoms with Gasteiger partial charge in [-0.05, 0) is 25.0 Å². The predicted octanol–water partition coefficient (Wildman–Crippen LogP) is 2.35. The van der Waals surface area contributed by atoms with Gasteiger partial charge >= 0.3 is 5.97 Å². The molecule has 0 saturated heterocycles. The zero-order chi connectivity index (χ0) is 13.3. The van der Waals surface area contributed by atoms with Crippen LogP contribution in [0.2, 0.25) is 0 Å². The van der Waals surface area contributed by atoms with Crippen molar-refractivity contribution in [1.29, 1.82) is 0 Å². The first-order chi connectivity index (χ1) is 8.50. The van der Waals surface area contributed by atoms with Crippen LogP contribution < -0.4 is 5.32 Å². The van der Waals surface area contributed by atoms with Crippen molar-refractivity contribution in [2.24, 2.45) is 11.8 Å². The molecule has 0 bridgehead atoms. The molecule has 2 N–H and O–H groups in total. The second-order valence-electron chi connectivity index (χ2n) is 4.54. The Morgan fingerprint density at radius 2 is 2.06 bits per heavy atom. The number of carbonyl (C=O) groups is 2. The van der Waals surface area contributed by atoms with Crippen LogP contribution in [0.25, 0.3) is 0 Å². The fourth-order valence-electron chi connectivity index (χ4n) is 1.98. The maximum Gasteiger partial charge on any atom is 0.307 e. The van der Waals surface area contributed by atoms with E-state index in [1.165, 1.54) is 0 Å². The molecule has 0 heterocycles. The monoisotopic (exact) mass is 311 g/mol. The molecule has 18 heavy (non-hydrogen) atoms. The Kier molecular flexibility index (Phi) is 3.71. The molecule has 1 aliphatic rings. The minimum absolute atomic E-state index is 0.136. The highest BCUT2D eigenvalue weighted by atomic mass is 79.9. The van der Waals surface area contributed by atoms with E-state index in [-0.39, 0.29) is 17.9 Å². The van der Waals surface area contributed by atoms with Crippen molar-refractivity contribution in [3.05, 3.63) is 34.3 Å². The van der Waals surface area contributed by atoms with Crippen LogP contribution in [0.5, 0.6) is 0 Å². The number of hydrogen-bond acceptors (Lipinski definition) is 2. The average molecular weight is 312 g/mol. The van der Waals surface area contributed by atoms with Gasteiger partial charge in [0.05, 0.1) is 17.9 Å². The Hall–Kier alpha value is -1.36. The summed E-state index contributed by atoms with van der Waals surface area (Å²) < 4.78 is 0.934. The number of hydrogen-bond donors (Lipinski definition) is 2. The van der Waals surface area contributed by atoms with E-state index in [0.29, 0.717) is 6.42 Å². The van der Waals surface area contributed by atoms with Crippen LogP contribution in [0.1, 0.15) is 24.9 Å². The Bertz CT molecular complexity index is 489. The Morgan fingerprint density at radius 3 is 2.61 bits per heavy atom. The second-order valence-corrected chi connectivity index (χ2v) is 5.39. The van der Waals surface area contributed by atoms with Crippen molar-refractivity contribution in [3.63, 3.8) is 0 Å². The zero-order valence-corrected chi connectivity index (χ0v) is 11.5. The maximum atomic E-state index is 11.8. The second kappa shape index (κ2) is 5.10. The van der Waals surface area contributed by atoms with Crippen LogP contribution in [-0.4, -0.2) is 17.0 Å². The molecule has 1 amide bonds. The lowest BCUT2D eigenvalue weighted by Crippen LogP contribution is -2.29. The van der Waals surface area contributed by atoms with E-state index in [9.17, 15) is 9.59 Å². The van der Waals surface area contributed by atoms with Crippen molar-refractivity contribution in [2.75, 3.05) is 0 Å². The van der Waals surface area contributed by atoms with E-state index in [4.69, 9.17) is 5.11 Å². The maximum absolute atomic E-state index is 11.8. The molecule has 0 radical (unpaired) electrons. The predicted molar refractivity (Wildman–Crippen MR) is 69.9 cm³/mol. The van der Waals surface area contributed by atoms with Gasteiger partial charge in [-0.3, -0.25) is 9.59 Å². The van der Waals surface area contributed by atoms with Gasteiger partial charge in [-0.1, -0.05) is 34.1 Å². The molecule has 2 unspecified atom stereocenters. The first kappa shape index (κ1) is 13.1. The molecule has 4 nitrogen and oxygen atoms in total. The Labute approximate surface area is 114 Å². The van der Waals surface area contributed by atoms with Gasteiger partial charge in [0.1, 0.15) is 0 Å². The van der Waals surface area contributed by atoms with Gasteiger partial charge in [0, 0.05) is 4.47 Å². The molecule has 2 rings (SSSR count). The van der Waals surface area contributed by atoms with E-state index in [0.717, 1.165) is 10.0 Å². The third-order valence-corrected chi connectivity index (χ3v) is 3.90. The molecule has 0 spiro atoms. The quantitative estimate of drug-likeness (QED) is 0.897. The van der Waals surface area contributed by atoms with Gasteiger partial charge in [-0.15, -0.1) is 0 Å². The first-order valence-electron chi connectivity index (χ1n) is 5.78. The third kappa shape index (κ3) is 2.72. The SMILES string of the molecule is C[C@@H](NC(=O)C1CC1C(=O)O)c1ccccc1Br. The molecule has 1 aromatic rings. The standard InChI is InChI=1S/C13H14BrNO3/c1-7(8-4-2-3-5-11(8)14)15-12(16)9-6-10(9)13(17)18/h2-5,7,9-10H,6H2,1H3,(H,15,16)(H,17,18)/t7-,9?,10?/m1/s1. The molecule has 96 valence electrons. The highest BCUT2D eigenvalue weighted by Gasteiger charge is 2.48. The summed E-state index contributed by atoms with van der Waals surface area (Å²) in [5.74, 6) is -1.93. The van der Waals surface area contributed by atoms with Gasteiger partial charge in [0.25, 0.3) is 0 Å². The van der Waals surface area contributed by atoms with Gasteiger partial charge in [0.15, 0.2) is 0 Å². The summed E-state index contributed by atoms with van der Waals surface area (Å²) in [6, 6.07) is 7.51. The normalized spacial score (nSPS) is 23.2. The van der Waals surface area contributed by atoms with E-state index in [1.807, 2.05) is 31.2 Å². The van der Waals surface area contributed by atoms with Crippen molar-refractivity contribution in [2.45, 2.75) is 19.4 Å². The number of aliphatic carboxylic acids is 1. The molecule has 1 fully saturated rings. The number of nitrogens with one attached hydrogen (secondary N) is 1.